The lowest BCUT2D eigenvalue weighted by atomic mass is 9.72. The van der Waals surface area contributed by atoms with Gasteiger partial charge in [0.05, 0.1) is 0 Å². The molecule has 0 saturated carbocycles. The Morgan fingerprint density at radius 2 is 1.26 bits per heavy atom. The molecule has 0 radical (unpaired) electrons. The Morgan fingerprint density at radius 3 is 1.53 bits per heavy atom. The van der Waals surface area contributed by atoms with Crippen molar-refractivity contribution in [2.24, 2.45) is 5.73 Å². The third kappa shape index (κ3) is 3.20. The van der Waals surface area contributed by atoms with Crippen LogP contribution in [0.15, 0.2) is 12.1 Å². The van der Waals surface area contributed by atoms with E-state index in [1.165, 1.54) is 22.3 Å². The van der Waals surface area contributed by atoms with Crippen molar-refractivity contribution in [2.45, 2.75) is 78.7 Å². The van der Waals surface area contributed by atoms with Crippen LogP contribution in [0.25, 0.3) is 0 Å². The van der Waals surface area contributed by atoms with E-state index in [0.29, 0.717) is 6.54 Å². The molecule has 0 atom stereocenters. The Morgan fingerprint density at radius 1 is 0.895 bits per heavy atom. The third-order valence-corrected chi connectivity index (χ3v) is 4.82. The van der Waals surface area contributed by atoms with Crippen molar-refractivity contribution in [3.05, 3.63) is 34.4 Å². The van der Waals surface area contributed by atoms with E-state index in [9.17, 15) is 0 Å². The zero-order chi connectivity index (χ0) is 14.8. The summed E-state index contributed by atoms with van der Waals surface area (Å²) in [4.78, 5) is 0. The minimum absolute atomic E-state index is 0.194. The second kappa shape index (κ2) is 5.66. The molecule has 1 rings (SSSR count). The molecule has 1 heteroatoms. The van der Waals surface area contributed by atoms with E-state index in [2.05, 4.69) is 60.6 Å². The van der Waals surface area contributed by atoms with Crippen molar-refractivity contribution in [1.29, 1.82) is 0 Å². The number of hydrogen-bond acceptors (Lipinski definition) is 1. The van der Waals surface area contributed by atoms with E-state index in [0.717, 1.165) is 12.8 Å². The molecule has 0 heterocycles. The molecule has 0 aliphatic carbocycles. The highest BCUT2D eigenvalue weighted by molar-refractivity contribution is 5.45. The van der Waals surface area contributed by atoms with Gasteiger partial charge in [-0.15, -0.1) is 0 Å². The molecular formula is C18H31N. The zero-order valence-corrected chi connectivity index (χ0v) is 13.9. The maximum absolute atomic E-state index is 6.10. The fourth-order valence-corrected chi connectivity index (χ4v) is 2.62. The Balaban J connectivity index is 3.59. The molecule has 0 aromatic heterocycles. The van der Waals surface area contributed by atoms with Crippen molar-refractivity contribution < 1.29 is 0 Å². The van der Waals surface area contributed by atoms with Crippen LogP contribution >= 0.6 is 0 Å². The van der Waals surface area contributed by atoms with Gasteiger partial charge in [0.25, 0.3) is 0 Å². The molecule has 0 saturated heterocycles. The second-order valence-electron chi connectivity index (χ2n) is 7.02. The molecule has 108 valence electrons. The van der Waals surface area contributed by atoms with E-state index in [1.807, 2.05) is 0 Å². The first kappa shape index (κ1) is 16.2. The SMILES string of the molecule is CCC(C)(C)c1cc(C)cc(C(C)(C)CC)c1CN. The quantitative estimate of drug-likeness (QED) is 0.807. The van der Waals surface area contributed by atoms with Gasteiger partial charge in [-0.2, -0.15) is 0 Å². The number of rotatable bonds is 5. The predicted octanol–water partition coefficient (Wildman–Crippen LogP) is 4.83. The lowest BCUT2D eigenvalue weighted by Gasteiger charge is -2.33. The Bertz CT molecular complexity index is 404. The summed E-state index contributed by atoms with van der Waals surface area (Å²) < 4.78 is 0. The molecule has 1 aromatic carbocycles. The van der Waals surface area contributed by atoms with Crippen LogP contribution in [0.5, 0.6) is 0 Å². The molecule has 19 heavy (non-hydrogen) atoms. The number of nitrogens with two attached hydrogens (primary N) is 1. The normalized spacial score (nSPS) is 12.8. The van der Waals surface area contributed by atoms with Crippen molar-refractivity contribution in [2.75, 3.05) is 0 Å². The average molecular weight is 261 g/mol. The van der Waals surface area contributed by atoms with Crippen LogP contribution in [0.1, 0.15) is 76.6 Å². The highest BCUT2D eigenvalue weighted by Crippen LogP contribution is 2.37. The van der Waals surface area contributed by atoms with Crippen LogP contribution in [0.2, 0.25) is 0 Å². The van der Waals surface area contributed by atoms with Crippen molar-refractivity contribution in [3.8, 4) is 0 Å². The first-order valence-corrected chi connectivity index (χ1v) is 7.54. The van der Waals surface area contributed by atoms with Crippen LogP contribution in [-0.2, 0) is 17.4 Å². The van der Waals surface area contributed by atoms with Crippen molar-refractivity contribution in [1.82, 2.24) is 0 Å². The van der Waals surface area contributed by atoms with E-state index in [4.69, 9.17) is 5.73 Å². The van der Waals surface area contributed by atoms with Crippen molar-refractivity contribution >= 4 is 0 Å². The number of hydrogen-bond donors (Lipinski definition) is 1. The highest BCUT2D eigenvalue weighted by Gasteiger charge is 2.28. The summed E-state index contributed by atoms with van der Waals surface area (Å²) in [6.45, 7) is 16.6. The van der Waals surface area contributed by atoms with E-state index in [-0.39, 0.29) is 10.8 Å². The Labute approximate surface area is 119 Å². The molecule has 0 aliphatic rings. The molecule has 0 amide bonds. The van der Waals surface area contributed by atoms with Crippen molar-refractivity contribution in [3.63, 3.8) is 0 Å². The van der Waals surface area contributed by atoms with Gasteiger partial charge in [-0.25, -0.2) is 0 Å². The predicted molar refractivity (Wildman–Crippen MR) is 85.7 cm³/mol. The van der Waals surface area contributed by atoms with E-state index < -0.39 is 0 Å². The first-order chi connectivity index (χ1) is 8.69. The molecule has 1 aromatic rings. The Hall–Kier alpha value is -0.820. The van der Waals surface area contributed by atoms with E-state index >= 15 is 0 Å². The zero-order valence-electron chi connectivity index (χ0n) is 13.9. The average Bonchev–Trinajstić information content (AvgIpc) is 2.37. The highest BCUT2D eigenvalue weighted by atomic mass is 14.5. The van der Waals surface area contributed by atoms with Gasteiger partial charge in [0.2, 0.25) is 0 Å². The van der Waals surface area contributed by atoms with Gasteiger partial charge < -0.3 is 5.73 Å². The van der Waals surface area contributed by atoms with Crippen LogP contribution < -0.4 is 5.73 Å². The molecule has 1 nitrogen and oxygen atoms in total. The lowest BCUT2D eigenvalue weighted by Crippen LogP contribution is -2.26. The summed E-state index contributed by atoms with van der Waals surface area (Å²) in [5, 5.41) is 0. The topological polar surface area (TPSA) is 26.0 Å². The summed E-state index contributed by atoms with van der Waals surface area (Å²) in [5.41, 5.74) is 12.1. The number of benzene rings is 1. The summed E-state index contributed by atoms with van der Waals surface area (Å²) in [6, 6.07) is 4.67. The van der Waals surface area contributed by atoms with E-state index in [1.54, 1.807) is 0 Å². The third-order valence-electron chi connectivity index (χ3n) is 4.82. The molecule has 2 N–H and O–H groups in total. The summed E-state index contributed by atoms with van der Waals surface area (Å²) >= 11 is 0. The molecule has 0 aliphatic heterocycles. The minimum Gasteiger partial charge on any atom is -0.326 e. The van der Waals surface area contributed by atoms with Crippen LogP contribution in [-0.4, -0.2) is 0 Å². The van der Waals surface area contributed by atoms with Gasteiger partial charge in [0.1, 0.15) is 0 Å². The standard InChI is InChI=1S/C18H31N/c1-8-17(4,5)15-10-13(3)11-16(14(15)12-19)18(6,7)9-2/h10-11H,8-9,12,19H2,1-7H3. The molecule has 0 unspecified atom stereocenters. The first-order valence-electron chi connectivity index (χ1n) is 7.54. The molecular weight excluding hydrogens is 230 g/mol. The summed E-state index contributed by atoms with van der Waals surface area (Å²) in [5.74, 6) is 0. The van der Waals surface area contributed by atoms with Gasteiger partial charge in [-0.3, -0.25) is 0 Å². The monoisotopic (exact) mass is 261 g/mol. The van der Waals surface area contributed by atoms with Crippen LogP contribution in [0.4, 0.5) is 0 Å². The smallest absolute Gasteiger partial charge is 0.0184 e. The van der Waals surface area contributed by atoms with Crippen LogP contribution in [0.3, 0.4) is 0 Å². The summed E-state index contributed by atoms with van der Waals surface area (Å²) in [7, 11) is 0. The fraction of sp³-hybridized carbons (Fsp3) is 0.667. The van der Waals surface area contributed by atoms with Crippen LogP contribution in [0, 0.1) is 6.92 Å². The largest absolute Gasteiger partial charge is 0.326 e. The molecule has 0 spiro atoms. The van der Waals surface area contributed by atoms with Gasteiger partial charge in [-0.05, 0) is 47.3 Å². The minimum atomic E-state index is 0.194. The molecule has 0 bridgehead atoms. The second-order valence-corrected chi connectivity index (χ2v) is 7.02. The fourth-order valence-electron chi connectivity index (χ4n) is 2.62. The van der Waals surface area contributed by atoms with Gasteiger partial charge >= 0.3 is 0 Å². The maximum atomic E-state index is 6.10. The maximum Gasteiger partial charge on any atom is 0.0184 e. The number of aryl methyl sites for hydroxylation is 1. The Kier molecular flexibility index (Phi) is 4.84. The van der Waals surface area contributed by atoms with Gasteiger partial charge in [0.15, 0.2) is 0 Å². The van der Waals surface area contributed by atoms with Gasteiger partial charge in [0, 0.05) is 6.54 Å². The summed E-state index contributed by atoms with van der Waals surface area (Å²) in [6.07, 6.45) is 2.27. The van der Waals surface area contributed by atoms with Gasteiger partial charge in [-0.1, -0.05) is 59.2 Å². The molecule has 0 fully saturated rings. The lowest BCUT2D eigenvalue weighted by molar-refractivity contribution is 0.479.